The molecule has 0 spiro atoms. The highest BCUT2D eigenvalue weighted by atomic mass is 19.4. The number of amides is 1. The molecule has 0 saturated carbocycles. The van der Waals surface area contributed by atoms with Crippen LogP contribution >= 0.6 is 0 Å². The van der Waals surface area contributed by atoms with Crippen LogP contribution in [0.25, 0.3) is 0 Å². The van der Waals surface area contributed by atoms with Gasteiger partial charge in [0.1, 0.15) is 11.5 Å². The van der Waals surface area contributed by atoms with E-state index in [1.165, 1.54) is 0 Å². The van der Waals surface area contributed by atoms with E-state index in [-0.39, 0.29) is 12.1 Å². The highest BCUT2D eigenvalue weighted by Crippen LogP contribution is 2.30. The van der Waals surface area contributed by atoms with Crippen molar-refractivity contribution < 1.29 is 31.7 Å². The Morgan fingerprint density at radius 1 is 1.28 bits per heavy atom. The predicted octanol–water partition coefficient (Wildman–Crippen LogP) is 2.37. The number of carbonyl (C=O) groups excluding carboxylic acids is 1. The molecule has 5 nitrogen and oxygen atoms in total. The maximum absolute atomic E-state index is 13.0. The molecule has 0 aliphatic heterocycles. The number of nitro benzene ring substituents is 1. The number of nitrogens with one attached hydrogen (secondary N) is 1. The van der Waals surface area contributed by atoms with Gasteiger partial charge in [-0.3, -0.25) is 14.9 Å². The summed E-state index contributed by atoms with van der Waals surface area (Å²) in [6.45, 7) is 0. The zero-order valence-corrected chi connectivity index (χ0v) is 8.22. The van der Waals surface area contributed by atoms with Gasteiger partial charge in [0.05, 0.1) is 4.92 Å². The van der Waals surface area contributed by atoms with Crippen molar-refractivity contribution >= 4 is 17.3 Å². The van der Waals surface area contributed by atoms with E-state index in [2.05, 4.69) is 0 Å². The van der Waals surface area contributed by atoms with Crippen molar-refractivity contribution in [3.05, 3.63) is 33.9 Å². The summed E-state index contributed by atoms with van der Waals surface area (Å²) in [6.07, 6.45) is -5.34. The number of hydrogen-bond acceptors (Lipinski definition) is 3. The molecule has 1 aromatic carbocycles. The molecule has 10 heteroatoms. The summed E-state index contributed by atoms with van der Waals surface area (Å²) in [7, 11) is 0. The Morgan fingerprint density at radius 2 is 1.83 bits per heavy atom. The fourth-order valence-corrected chi connectivity index (χ4v) is 1.04. The lowest BCUT2D eigenvalue weighted by Crippen LogP contribution is -2.30. The summed E-state index contributed by atoms with van der Waals surface area (Å²) in [4.78, 5) is 19.5. The number of alkyl halides is 3. The number of carbonyl (C=O) groups is 1. The van der Waals surface area contributed by atoms with Crippen LogP contribution in [0.5, 0.6) is 0 Å². The van der Waals surface area contributed by atoms with E-state index in [9.17, 15) is 36.9 Å². The molecule has 0 fully saturated rings. The van der Waals surface area contributed by atoms with Gasteiger partial charge in [-0.05, 0) is 0 Å². The van der Waals surface area contributed by atoms with Crippen molar-refractivity contribution in [3.63, 3.8) is 0 Å². The van der Waals surface area contributed by atoms with E-state index in [1.807, 2.05) is 0 Å². The summed E-state index contributed by atoms with van der Waals surface area (Å²) < 4.78 is 61.4. The molecule has 18 heavy (non-hydrogen) atoms. The summed E-state index contributed by atoms with van der Waals surface area (Å²) in [5.41, 5.74) is -2.66. The number of halogens is 5. The molecular formula is C8H3F5N2O3. The van der Waals surface area contributed by atoms with E-state index in [0.29, 0.717) is 0 Å². The zero-order valence-electron chi connectivity index (χ0n) is 8.22. The molecule has 0 saturated heterocycles. The van der Waals surface area contributed by atoms with Gasteiger partial charge in [0.15, 0.2) is 0 Å². The standard InChI is InChI=1S/C8H3F5N2O3/c9-3-1-4(10)6(15(17)18)5(2-3)14-7(16)8(11,12)13/h1-2H,(H,14,16). The molecule has 0 heterocycles. The van der Waals surface area contributed by atoms with Crippen LogP contribution in [0, 0.1) is 21.7 Å². The first kappa shape index (κ1) is 13.8. The molecule has 0 atom stereocenters. The Hall–Kier alpha value is -2.26. The first-order valence-electron chi connectivity index (χ1n) is 4.14. The molecule has 0 aliphatic carbocycles. The van der Waals surface area contributed by atoms with Crippen molar-refractivity contribution in [2.75, 3.05) is 5.32 Å². The minimum Gasteiger partial charge on any atom is -0.312 e. The van der Waals surface area contributed by atoms with Crippen molar-refractivity contribution in [2.45, 2.75) is 6.18 Å². The lowest BCUT2D eigenvalue weighted by atomic mass is 10.2. The molecule has 1 rings (SSSR count). The van der Waals surface area contributed by atoms with Crippen LogP contribution in [-0.4, -0.2) is 17.0 Å². The van der Waals surface area contributed by atoms with Crippen molar-refractivity contribution in [1.29, 1.82) is 0 Å². The highest BCUT2D eigenvalue weighted by Gasteiger charge is 2.40. The maximum atomic E-state index is 13.0. The van der Waals surface area contributed by atoms with E-state index < -0.39 is 40.0 Å². The predicted molar refractivity (Wildman–Crippen MR) is 47.7 cm³/mol. The quantitative estimate of drug-likeness (QED) is 0.509. The number of anilines is 1. The van der Waals surface area contributed by atoms with Gasteiger partial charge in [0.2, 0.25) is 5.82 Å². The smallest absolute Gasteiger partial charge is 0.312 e. The molecule has 0 bridgehead atoms. The molecule has 0 aromatic heterocycles. The lowest BCUT2D eigenvalue weighted by molar-refractivity contribution is -0.386. The molecule has 1 N–H and O–H groups in total. The highest BCUT2D eigenvalue weighted by molar-refractivity contribution is 5.96. The molecule has 0 radical (unpaired) electrons. The van der Waals surface area contributed by atoms with Gasteiger partial charge in [0, 0.05) is 12.1 Å². The van der Waals surface area contributed by atoms with E-state index >= 15 is 0 Å². The van der Waals surface area contributed by atoms with Crippen LogP contribution in [0.4, 0.5) is 33.3 Å². The average molecular weight is 270 g/mol. The second-order valence-electron chi connectivity index (χ2n) is 2.99. The number of rotatable bonds is 2. The van der Waals surface area contributed by atoms with Crippen LogP contribution in [0.2, 0.25) is 0 Å². The van der Waals surface area contributed by atoms with E-state index in [0.717, 1.165) is 5.32 Å². The fourth-order valence-electron chi connectivity index (χ4n) is 1.04. The lowest BCUT2D eigenvalue weighted by Gasteiger charge is -2.08. The zero-order chi connectivity index (χ0) is 14.1. The van der Waals surface area contributed by atoms with E-state index in [1.54, 1.807) is 0 Å². The molecule has 0 unspecified atom stereocenters. The van der Waals surface area contributed by atoms with Crippen molar-refractivity contribution in [3.8, 4) is 0 Å². The Morgan fingerprint density at radius 3 is 2.28 bits per heavy atom. The number of nitro groups is 1. The monoisotopic (exact) mass is 270 g/mol. The molecular weight excluding hydrogens is 267 g/mol. The first-order chi connectivity index (χ1) is 8.12. The first-order valence-corrected chi connectivity index (χ1v) is 4.14. The number of hydrogen-bond donors (Lipinski definition) is 1. The summed E-state index contributed by atoms with van der Waals surface area (Å²) in [6, 6.07) is 0.326. The minimum absolute atomic E-state index is 0.112. The van der Waals surface area contributed by atoms with Crippen LogP contribution in [-0.2, 0) is 4.79 Å². The Balaban J connectivity index is 3.24. The van der Waals surface area contributed by atoms with Gasteiger partial charge in [-0.15, -0.1) is 0 Å². The fraction of sp³-hybridized carbons (Fsp3) is 0.125. The van der Waals surface area contributed by atoms with Crippen LogP contribution < -0.4 is 5.32 Å². The summed E-state index contributed by atoms with van der Waals surface area (Å²) in [5, 5.41) is 11.4. The molecule has 1 aromatic rings. The third-order valence-corrected chi connectivity index (χ3v) is 1.72. The third-order valence-electron chi connectivity index (χ3n) is 1.72. The van der Waals surface area contributed by atoms with Gasteiger partial charge in [-0.1, -0.05) is 0 Å². The van der Waals surface area contributed by atoms with Gasteiger partial charge >= 0.3 is 17.8 Å². The van der Waals surface area contributed by atoms with Crippen molar-refractivity contribution in [2.24, 2.45) is 0 Å². The van der Waals surface area contributed by atoms with Gasteiger partial charge in [0.25, 0.3) is 0 Å². The Labute approximate surface area is 95.4 Å². The number of nitrogens with zero attached hydrogens (tertiary/aromatic N) is 1. The van der Waals surface area contributed by atoms with Gasteiger partial charge in [-0.2, -0.15) is 17.6 Å². The second-order valence-corrected chi connectivity index (χ2v) is 2.99. The normalized spacial score (nSPS) is 11.2. The van der Waals surface area contributed by atoms with E-state index in [4.69, 9.17) is 0 Å². The van der Waals surface area contributed by atoms with Crippen LogP contribution in [0.3, 0.4) is 0 Å². The minimum atomic E-state index is -5.34. The topological polar surface area (TPSA) is 72.2 Å². The summed E-state index contributed by atoms with van der Waals surface area (Å²) >= 11 is 0. The average Bonchev–Trinajstić information content (AvgIpc) is 2.13. The Kier molecular flexibility index (Phi) is 3.49. The molecule has 98 valence electrons. The number of benzene rings is 1. The van der Waals surface area contributed by atoms with Crippen LogP contribution in [0.15, 0.2) is 12.1 Å². The van der Waals surface area contributed by atoms with Gasteiger partial charge < -0.3 is 5.32 Å². The maximum Gasteiger partial charge on any atom is 0.471 e. The SMILES string of the molecule is O=C(Nc1cc(F)cc(F)c1[N+](=O)[O-])C(F)(F)F. The van der Waals surface area contributed by atoms with Gasteiger partial charge in [-0.25, -0.2) is 4.39 Å². The largest absolute Gasteiger partial charge is 0.471 e. The third kappa shape index (κ3) is 2.90. The van der Waals surface area contributed by atoms with Crippen LogP contribution in [0.1, 0.15) is 0 Å². The molecule has 1 amide bonds. The Bertz CT molecular complexity index is 514. The van der Waals surface area contributed by atoms with Crippen molar-refractivity contribution in [1.82, 2.24) is 0 Å². The second kappa shape index (κ2) is 4.55. The summed E-state index contributed by atoms with van der Waals surface area (Å²) in [5.74, 6) is -5.64. The molecule has 0 aliphatic rings.